The fourth-order valence-electron chi connectivity index (χ4n) is 2.31. The lowest BCUT2D eigenvalue weighted by Crippen LogP contribution is -2.36. The Bertz CT molecular complexity index is 428. The van der Waals surface area contributed by atoms with Crippen LogP contribution in [0.4, 0.5) is 5.69 Å². The summed E-state index contributed by atoms with van der Waals surface area (Å²) in [5, 5.41) is 13.5. The molecule has 1 saturated heterocycles. The highest BCUT2D eigenvalue weighted by Gasteiger charge is 2.25. The molecule has 1 aliphatic heterocycles. The third kappa shape index (κ3) is 3.68. The van der Waals surface area contributed by atoms with Crippen LogP contribution in [0.1, 0.15) is 26.7 Å². The van der Waals surface area contributed by atoms with Crippen LogP contribution in [0.5, 0.6) is 5.75 Å². The van der Waals surface area contributed by atoms with E-state index in [1.807, 2.05) is 0 Å². The second-order valence-electron chi connectivity index (χ2n) is 5.31. The number of hydrogen-bond acceptors (Lipinski definition) is 3. The first-order valence-electron chi connectivity index (χ1n) is 6.53. The van der Waals surface area contributed by atoms with Crippen LogP contribution in [-0.4, -0.2) is 23.9 Å². The molecule has 1 aromatic rings. The van der Waals surface area contributed by atoms with E-state index in [9.17, 15) is 5.11 Å². The van der Waals surface area contributed by atoms with Crippen molar-refractivity contribution in [3.8, 4) is 5.75 Å². The molecule has 2 unspecified atom stereocenters. The third-order valence-electron chi connectivity index (χ3n) is 3.45. The summed E-state index contributed by atoms with van der Waals surface area (Å²) in [7, 11) is 0. The number of benzene rings is 1. The molecule has 0 amide bonds. The first kappa shape index (κ1) is 14.8. The van der Waals surface area contributed by atoms with Crippen molar-refractivity contribution in [1.29, 1.82) is 0 Å². The van der Waals surface area contributed by atoms with Gasteiger partial charge in [-0.3, -0.25) is 0 Å². The molecule has 0 radical (unpaired) electrons. The summed E-state index contributed by atoms with van der Waals surface area (Å²) in [6, 6.07) is 3.74. The van der Waals surface area contributed by atoms with Crippen molar-refractivity contribution < 1.29 is 9.84 Å². The minimum absolute atomic E-state index is 0.0686. The van der Waals surface area contributed by atoms with Gasteiger partial charge in [0.15, 0.2) is 5.75 Å². The summed E-state index contributed by atoms with van der Waals surface area (Å²) in [6.07, 6.45) is 2.21. The van der Waals surface area contributed by atoms with Gasteiger partial charge < -0.3 is 15.2 Å². The SMILES string of the molecule is CC(C)C1CC(Nc2cc(Cl)c(O)c(Cl)c2)CCO1. The number of rotatable bonds is 3. The summed E-state index contributed by atoms with van der Waals surface area (Å²) in [6.45, 7) is 5.10. The van der Waals surface area contributed by atoms with E-state index >= 15 is 0 Å². The minimum Gasteiger partial charge on any atom is -0.505 e. The second-order valence-corrected chi connectivity index (χ2v) is 6.12. The summed E-state index contributed by atoms with van der Waals surface area (Å²) >= 11 is 11.8. The van der Waals surface area contributed by atoms with Crippen molar-refractivity contribution in [1.82, 2.24) is 0 Å². The molecule has 106 valence electrons. The predicted molar refractivity (Wildman–Crippen MR) is 79.3 cm³/mol. The van der Waals surface area contributed by atoms with Crippen molar-refractivity contribution in [2.45, 2.75) is 38.8 Å². The Morgan fingerprint density at radius 3 is 2.53 bits per heavy atom. The van der Waals surface area contributed by atoms with E-state index in [4.69, 9.17) is 27.9 Å². The monoisotopic (exact) mass is 303 g/mol. The molecule has 0 saturated carbocycles. The average molecular weight is 304 g/mol. The molecule has 1 fully saturated rings. The Hall–Kier alpha value is -0.640. The highest BCUT2D eigenvalue weighted by molar-refractivity contribution is 6.37. The third-order valence-corrected chi connectivity index (χ3v) is 4.02. The van der Waals surface area contributed by atoms with E-state index in [0.717, 1.165) is 25.1 Å². The smallest absolute Gasteiger partial charge is 0.152 e. The number of anilines is 1. The number of halogens is 2. The molecule has 2 rings (SSSR count). The highest BCUT2D eigenvalue weighted by Crippen LogP contribution is 2.35. The molecule has 19 heavy (non-hydrogen) atoms. The van der Waals surface area contributed by atoms with Crippen molar-refractivity contribution in [3.63, 3.8) is 0 Å². The van der Waals surface area contributed by atoms with Crippen LogP contribution in [0.25, 0.3) is 0 Å². The van der Waals surface area contributed by atoms with E-state index in [1.165, 1.54) is 0 Å². The normalized spacial score (nSPS) is 23.6. The van der Waals surface area contributed by atoms with Crippen LogP contribution in [0, 0.1) is 5.92 Å². The maximum atomic E-state index is 9.54. The number of aromatic hydroxyl groups is 1. The lowest BCUT2D eigenvalue weighted by molar-refractivity contribution is -0.0160. The standard InChI is InChI=1S/C14H19Cl2NO2/c1-8(2)13-7-9(3-4-19-13)17-10-5-11(15)14(18)12(16)6-10/h5-6,8-9,13,17-18H,3-4,7H2,1-2H3. The van der Waals surface area contributed by atoms with Crippen molar-refractivity contribution in [3.05, 3.63) is 22.2 Å². The average Bonchev–Trinajstić information content (AvgIpc) is 2.36. The molecule has 1 heterocycles. The second kappa shape index (κ2) is 6.21. The first-order valence-corrected chi connectivity index (χ1v) is 7.29. The van der Waals surface area contributed by atoms with Gasteiger partial charge in [-0.15, -0.1) is 0 Å². The molecular formula is C14H19Cl2NO2. The summed E-state index contributed by atoms with van der Waals surface area (Å²) in [5.74, 6) is 0.442. The van der Waals surface area contributed by atoms with Crippen LogP contribution in [-0.2, 0) is 4.74 Å². The topological polar surface area (TPSA) is 41.5 Å². The van der Waals surface area contributed by atoms with Crippen LogP contribution >= 0.6 is 23.2 Å². The summed E-state index contributed by atoms with van der Waals surface area (Å²) < 4.78 is 5.74. The van der Waals surface area contributed by atoms with Crippen LogP contribution < -0.4 is 5.32 Å². The lowest BCUT2D eigenvalue weighted by atomic mass is 9.95. The van der Waals surface area contributed by atoms with E-state index in [0.29, 0.717) is 12.0 Å². The fourth-order valence-corrected chi connectivity index (χ4v) is 2.80. The molecule has 5 heteroatoms. The van der Waals surface area contributed by atoms with Crippen LogP contribution in [0.3, 0.4) is 0 Å². The molecule has 2 atom stereocenters. The molecule has 1 aliphatic rings. The maximum Gasteiger partial charge on any atom is 0.152 e. The molecule has 0 spiro atoms. The van der Waals surface area contributed by atoms with E-state index < -0.39 is 0 Å². The van der Waals surface area contributed by atoms with Gasteiger partial charge >= 0.3 is 0 Å². The zero-order valence-electron chi connectivity index (χ0n) is 11.1. The zero-order chi connectivity index (χ0) is 14.0. The van der Waals surface area contributed by atoms with Gasteiger partial charge in [-0.1, -0.05) is 37.0 Å². The van der Waals surface area contributed by atoms with Crippen LogP contribution in [0.2, 0.25) is 10.0 Å². The van der Waals surface area contributed by atoms with Gasteiger partial charge in [0.25, 0.3) is 0 Å². The molecule has 3 nitrogen and oxygen atoms in total. The Labute approximate surface area is 123 Å². The Balaban J connectivity index is 2.05. The fraction of sp³-hybridized carbons (Fsp3) is 0.571. The Morgan fingerprint density at radius 1 is 1.32 bits per heavy atom. The zero-order valence-corrected chi connectivity index (χ0v) is 12.6. The Morgan fingerprint density at radius 2 is 1.95 bits per heavy atom. The summed E-state index contributed by atoms with van der Waals surface area (Å²) in [4.78, 5) is 0. The van der Waals surface area contributed by atoms with Gasteiger partial charge in [-0.2, -0.15) is 0 Å². The van der Waals surface area contributed by atoms with Gasteiger partial charge in [0, 0.05) is 18.3 Å². The largest absolute Gasteiger partial charge is 0.505 e. The number of hydrogen-bond donors (Lipinski definition) is 2. The number of nitrogens with one attached hydrogen (secondary N) is 1. The minimum atomic E-state index is -0.0686. The maximum absolute atomic E-state index is 9.54. The number of phenols is 1. The van der Waals surface area contributed by atoms with E-state index in [-0.39, 0.29) is 21.9 Å². The van der Waals surface area contributed by atoms with Crippen molar-refractivity contribution in [2.75, 3.05) is 11.9 Å². The predicted octanol–water partition coefficient (Wildman–Crippen LogP) is 4.31. The number of ether oxygens (including phenoxy) is 1. The van der Waals surface area contributed by atoms with Crippen molar-refractivity contribution in [2.24, 2.45) is 5.92 Å². The van der Waals surface area contributed by atoms with Crippen LogP contribution in [0.15, 0.2) is 12.1 Å². The molecule has 0 aromatic heterocycles. The molecule has 0 bridgehead atoms. The van der Waals surface area contributed by atoms with Gasteiger partial charge in [-0.25, -0.2) is 0 Å². The molecule has 1 aromatic carbocycles. The Kier molecular flexibility index (Phi) is 4.82. The van der Waals surface area contributed by atoms with Gasteiger partial charge in [0.05, 0.1) is 16.1 Å². The lowest BCUT2D eigenvalue weighted by Gasteiger charge is -2.33. The highest BCUT2D eigenvalue weighted by atomic mass is 35.5. The summed E-state index contributed by atoms with van der Waals surface area (Å²) in [5.41, 5.74) is 0.835. The van der Waals surface area contributed by atoms with Crippen molar-refractivity contribution >= 4 is 28.9 Å². The molecule has 0 aliphatic carbocycles. The molecular weight excluding hydrogens is 285 g/mol. The van der Waals surface area contributed by atoms with Gasteiger partial charge in [-0.05, 0) is 30.9 Å². The first-order chi connectivity index (χ1) is 8.97. The van der Waals surface area contributed by atoms with E-state index in [2.05, 4.69) is 19.2 Å². The quantitative estimate of drug-likeness (QED) is 0.817. The van der Waals surface area contributed by atoms with Gasteiger partial charge in [0.1, 0.15) is 0 Å². The van der Waals surface area contributed by atoms with E-state index in [1.54, 1.807) is 12.1 Å². The van der Waals surface area contributed by atoms with Gasteiger partial charge in [0.2, 0.25) is 0 Å². The molecule has 2 N–H and O–H groups in total. The number of phenolic OH excluding ortho intramolecular Hbond substituents is 1.